The van der Waals surface area contributed by atoms with Crippen LogP contribution < -0.4 is 15.8 Å². The highest BCUT2D eigenvalue weighted by Crippen LogP contribution is 2.51. The van der Waals surface area contributed by atoms with E-state index < -0.39 is 72.9 Å². The molecule has 0 aliphatic carbocycles. The fourth-order valence-electron chi connectivity index (χ4n) is 3.32. The Hall–Kier alpha value is -2.94. The predicted octanol–water partition coefficient (Wildman–Crippen LogP) is 1.68. The molecular formula is C23H27ClN3O9P. The minimum atomic E-state index is -4.55. The van der Waals surface area contributed by atoms with Crippen molar-refractivity contribution < 1.29 is 35.7 Å². The molecule has 1 fully saturated rings. The standard InChI is InChI=1S/C23H27ClN3O9P/c1-5-23(24)19(29)17(35-21(23)27-22(31)26-18(28)11-25-27)12-33-37(32,36-16-9-7-6-8-10-16)13-15(4)20(30)34-14(2)3/h1,6-11,14-15,17,19,21,29H,12-13H2,2-4H3,(H,26,28,31)/t15-,17-,19+,21-,23?,37+/m1/s1/i12D2. The van der Waals surface area contributed by atoms with E-state index in [1.165, 1.54) is 19.1 Å². The number of terminal acetylenes is 1. The van der Waals surface area contributed by atoms with Gasteiger partial charge in [-0.2, -0.15) is 9.78 Å². The number of aliphatic hydroxyl groups excluding tert-OH is 1. The van der Waals surface area contributed by atoms with Crippen LogP contribution in [0.25, 0.3) is 0 Å². The largest absolute Gasteiger partial charge is 0.463 e. The Bertz CT molecular complexity index is 1400. The summed E-state index contributed by atoms with van der Waals surface area (Å²) in [5, 5.41) is 14.6. The van der Waals surface area contributed by atoms with Crippen molar-refractivity contribution in [3.63, 3.8) is 0 Å². The van der Waals surface area contributed by atoms with E-state index in [1.807, 2.05) is 4.98 Å². The number of aromatic amines is 1. The zero-order valence-corrected chi connectivity index (χ0v) is 21.7. The second kappa shape index (κ2) is 11.6. The van der Waals surface area contributed by atoms with Crippen molar-refractivity contribution in [2.24, 2.45) is 5.92 Å². The van der Waals surface area contributed by atoms with Gasteiger partial charge in [-0.3, -0.25) is 19.1 Å². The number of benzene rings is 1. The van der Waals surface area contributed by atoms with Crippen molar-refractivity contribution in [2.75, 3.05) is 12.7 Å². The molecule has 0 spiro atoms. The van der Waals surface area contributed by atoms with Gasteiger partial charge in [-0.1, -0.05) is 42.6 Å². The molecule has 0 bridgehead atoms. The maximum absolute atomic E-state index is 13.9. The Labute approximate surface area is 220 Å². The van der Waals surface area contributed by atoms with Crippen LogP contribution in [-0.4, -0.2) is 61.7 Å². The SMILES string of the molecule is [2H]C([2H])(O[P@@](=O)(C[C@@H](C)C(=O)OC(C)C)Oc1ccccc1)[C@H]1O[C@@H](n2ncc(=O)[nH]c2=O)C(Cl)(C#C)[C@H]1O. The molecule has 0 amide bonds. The first-order valence-corrected chi connectivity index (χ1v) is 13.2. The van der Waals surface area contributed by atoms with E-state index >= 15 is 0 Å². The van der Waals surface area contributed by atoms with Crippen molar-refractivity contribution in [3.05, 3.63) is 57.4 Å². The molecule has 12 nitrogen and oxygen atoms in total. The predicted molar refractivity (Wildman–Crippen MR) is 132 cm³/mol. The molecule has 1 aromatic carbocycles. The number of halogens is 1. The van der Waals surface area contributed by atoms with Crippen LogP contribution in [0.3, 0.4) is 0 Å². The zero-order valence-electron chi connectivity index (χ0n) is 22.1. The number of H-pyrrole nitrogens is 1. The minimum absolute atomic E-state index is 0.0473. The highest BCUT2D eigenvalue weighted by atomic mass is 35.5. The van der Waals surface area contributed by atoms with E-state index in [0.29, 0.717) is 4.68 Å². The summed E-state index contributed by atoms with van der Waals surface area (Å²) in [6, 6.07) is 7.69. The van der Waals surface area contributed by atoms with Gasteiger partial charge in [-0.05, 0) is 26.0 Å². The van der Waals surface area contributed by atoms with Gasteiger partial charge in [-0.15, -0.1) is 6.42 Å². The van der Waals surface area contributed by atoms with Crippen LogP contribution in [-0.2, 0) is 23.4 Å². The number of nitrogens with one attached hydrogen (secondary N) is 1. The Balaban J connectivity index is 1.96. The molecule has 1 saturated heterocycles. The second-order valence-electron chi connectivity index (χ2n) is 8.44. The maximum Gasteiger partial charge on any atom is 0.380 e. The number of aliphatic hydroxyl groups is 1. The van der Waals surface area contributed by atoms with E-state index in [1.54, 1.807) is 32.0 Å². The quantitative estimate of drug-likeness (QED) is 0.190. The summed E-state index contributed by atoms with van der Waals surface area (Å²) < 4.78 is 53.1. The van der Waals surface area contributed by atoms with Crippen molar-refractivity contribution in [1.82, 2.24) is 14.8 Å². The summed E-state index contributed by atoms with van der Waals surface area (Å²) in [5.41, 5.74) is -1.94. The van der Waals surface area contributed by atoms with Crippen molar-refractivity contribution >= 4 is 25.2 Å². The molecule has 2 N–H and O–H groups in total. The van der Waals surface area contributed by atoms with Crippen LogP contribution in [0.5, 0.6) is 5.75 Å². The van der Waals surface area contributed by atoms with Crippen molar-refractivity contribution in [1.29, 1.82) is 0 Å². The number of ether oxygens (including phenoxy) is 2. The lowest BCUT2D eigenvalue weighted by molar-refractivity contribution is -0.151. The molecule has 37 heavy (non-hydrogen) atoms. The van der Waals surface area contributed by atoms with Gasteiger partial charge in [0.1, 0.15) is 24.2 Å². The lowest BCUT2D eigenvalue weighted by Gasteiger charge is -2.25. The van der Waals surface area contributed by atoms with Gasteiger partial charge in [0, 0.05) is 0 Å². The fourth-order valence-corrected chi connectivity index (χ4v) is 5.29. The van der Waals surface area contributed by atoms with E-state index in [-0.39, 0.29) is 5.75 Å². The molecule has 6 atom stereocenters. The lowest BCUT2D eigenvalue weighted by Crippen LogP contribution is -2.45. The number of carbonyl (C=O) groups is 1. The average molecular weight is 558 g/mol. The Kier molecular flexibility index (Phi) is 8.08. The normalized spacial score (nSPS) is 26.9. The zero-order chi connectivity index (χ0) is 29.2. The van der Waals surface area contributed by atoms with Crippen LogP contribution in [0.4, 0.5) is 0 Å². The van der Waals surface area contributed by atoms with Crippen LogP contribution in [0.15, 0.2) is 46.1 Å². The number of esters is 1. The Morgan fingerprint density at radius 3 is 2.68 bits per heavy atom. The molecule has 1 aromatic heterocycles. The number of alkyl halides is 1. The number of hydrogen-bond acceptors (Lipinski definition) is 10. The molecule has 0 radical (unpaired) electrons. The lowest BCUT2D eigenvalue weighted by atomic mass is 10.00. The molecule has 2 heterocycles. The molecule has 200 valence electrons. The summed E-state index contributed by atoms with van der Waals surface area (Å²) in [4.78, 5) is 35.8. The van der Waals surface area contributed by atoms with Crippen LogP contribution >= 0.6 is 19.2 Å². The van der Waals surface area contributed by atoms with Gasteiger partial charge in [-0.25, -0.2) is 9.36 Å². The monoisotopic (exact) mass is 557 g/mol. The first-order valence-electron chi connectivity index (χ1n) is 12.0. The molecule has 1 aliphatic heterocycles. The fraction of sp³-hybridized carbons (Fsp3) is 0.478. The third-order valence-corrected chi connectivity index (χ3v) is 7.47. The number of hydrogen-bond donors (Lipinski definition) is 2. The Morgan fingerprint density at radius 1 is 1.41 bits per heavy atom. The van der Waals surface area contributed by atoms with Crippen LogP contribution in [0.2, 0.25) is 0 Å². The summed E-state index contributed by atoms with van der Waals surface area (Å²) in [7, 11) is -4.55. The highest BCUT2D eigenvalue weighted by Gasteiger charge is 2.57. The number of para-hydroxylation sites is 1. The molecule has 0 saturated carbocycles. The Morgan fingerprint density at radius 2 is 2.08 bits per heavy atom. The van der Waals surface area contributed by atoms with Crippen LogP contribution in [0, 0.1) is 18.3 Å². The third kappa shape index (κ3) is 6.69. The number of nitrogens with zero attached hydrogens (tertiary/aromatic N) is 2. The summed E-state index contributed by atoms with van der Waals surface area (Å²) in [6.45, 7) is 1.53. The van der Waals surface area contributed by atoms with Gasteiger partial charge in [0.25, 0.3) is 5.56 Å². The third-order valence-electron chi connectivity index (χ3n) is 5.08. The summed E-state index contributed by atoms with van der Waals surface area (Å²) in [5.74, 6) is 0.336. The van der Waals surface area contributed by atoms with Gasteiger partial charge in [0.05, 0.1) is 27.5 Å². The van der Waals surface area contributed by atoms with E-state index in [9.17, 15) is 24.1 Å². The summed E-state index contributed by atoms with van der Waals surface area (Å²) in [6.07, 6.45) is -0.701. The average Bonchev–Trinajstić information content (AvgIpc) is 3.10. The molecule has 1 aliphatic rings. The van der Waals surface area contributed by atoms with E-state index in [2.05, 4.69) is 11.0 Å². The summed E-state index contributed by atoms with van der Waals surface area (Å²) >= 11 is 6.41. The molecule has 14 heteroatoms. The van der Waals surface area contributed by atoms with Crippen molar-refractivity contribution in [3.8, 4) is 18.1 Å². The number of aromatic nitrogens is 3. The maximum atomic E-state index is 13.9. The van der Waals surface area contributed by atoms with Crippen LogP contribution in [0.1, 0.15) is 29.7 Å². The minimum Gasteiger partial charge on any atom is -0.463 e. The second-order valence-corrected chi connectivity index (χ2v) is 11.0. The first kappa shape index (κ1) is 25.7. The number of carbonyl (C=O) groups excluding carboxylic acids is 1. The van der Waals surface area contributed by atoms with Gasteiger partial charge < -0.3 is 19.1 Å². The molecule has 2 aromatic rings. The van der Waals surface area contributed by atoms with Gasteiger partial charge >= 0.3 is 19.3 Å². The van der Waals surface area contributed by atoms with Gasteiger partial charge in [0.2, 0.25) is 0 Å². The number of rotatable bonds is 10. The smallest absolute Gasteiger partial charge is 0.380 e. The van der Waals surface area contributed by atoms with Crippen molar-refractivity contribution in [2.45, 2.75) is 50.2 Å². The highest BCUT2D eigenvalue weighted by molar-refractivity contribution is 7.54. The van der Waals surface area contributed by atoms with E-state index in [0.717, 1.165) is 6.20 Å². The van der Waals surface area contributed by atoms with E-state index in [4.69, 9.17) is 39.3 Å². The molecule has 1 unspecified atom stereocenters. The topological polar surface area (TPSA) is 159 Å². The molecule has 3 rings (SSSR count). The van der Waals surface area contributed by atoms with Gasteiger partial charge in [0.15, 0.2) is 11.1 Å². The first-order chi connectivity index (χ1) is 18.1. The molecular weight excluding hydrogens is 529 g/mol.